The SMILES string of the molecule is COCC1(C(=O)NCCN(C)C2CC2)CCNCC1. The Morgan fingerprint density at radius 1 is 1.42 bits per heavy atom. The van der Waals surface area contributed by atoms with Crippen LogP contribution in [-0.2, 0) is 9.53 Å². The standard InChI is InChI=1S/C14H27N3O2/c1-17(12-3-4-12)10-9-16-13(18)14(11-19-2)5-7-15-8-6-14/h12,15H,3-11H2,1-2H3,(H,16,18). The zero-order chi connectivity index (χ0) is 13.7. The molecule has 2 fully saturated rings. The molecule has 5 nitrogen and oxygen atoms in total. The Labute approximate surface area is 116 Å². The molecule has 5 heteroatoms. The number of hydrogen-bond acceptors (Lipinski definition) is 4. The van der Waals surface area contributed by atoms with Gasteiger partial charge in [0.15, 0.2) is 0 Å². The monoisotopic (exact) mass is 269 g/mol. The Balaban J connectivity index is 1.77. The molecule has 0 unspecified atom stereocenters. The van der Waals surface area contributed by atoms with Gasteiger partial charge in [0, 0.05) is 26.2 Å². The summed E-state index contributed by atoms with van der Waals surface area (Å²) in [4.78, 5) is 14.8. The average Bonchev–Trinajstić information content (AvgIpc) is 3.24. The van der Waals surface area contributed by atoms with Crippen LogP contribution in [0.5, 0.6) is 0 Å². The summed E-state index contributed by atoms with van der Waals surface area (Å²) in [5.74, 6) is 0.167. The van der Waals surface area contributed by atoms with Gasteiger partial charge in [-0.3, -0.25) is 4.79 Å². The van der Waals surface area contributed by atoms with Crippen molar-refractivity contribution in [3.8, 4) is 0 Å². The van der Waals surface area contributed by atoms with E-state index in [0.717, 1.165) is 45.1 Å². The molecule has 1 saturated carbocycles. The summed E-state index contributed by atoms with van der Waals surface area (Å²) in [5, 5.41) is 6.41. The number of ether oxygens (including phenoxy) is 1. The first kappa shape index (κ1) is 14.8. The highest BCUT2D eigenvalue weighted by Gasteiger charge is 2.39. The topological polar surface area (TPSA) is 53.6 Å². The number of methoxy groups -OCH3 is 1. The summed E-state index contributed by atoms with van der Waals surface area (Å²) in [7, 11) is 3.82. The minimum atomic E-state index is -0.321. The van der Waals surface area contributed by atoms with E-state index in [0.29, 0.717) is 6.61 Å². The van der Waals surface area contributed by atoms with Crippen LogP contribution in [0.2, 0.25) is 0 Å². The predicted octanol–water partition coefficient (Wildman–Crippen LogP) is 0.213. The van der Waals surface area contributed by atoms with Gasteiger partial charge in [0.1, 0.15) is 0 Å². The van der Waals surface area contributed by atoms with Crippen molar-refractivity contribution >= 4 is 5.91 Å². The predicted molar refractivity (Wildman–Crippen MR) is 75.1 cm³/mol. The lowest BCUT2D eigenvalue weighted by molar-refractivity contribution is -0.136. The third kappa shape index (κ3) is 3.91. The maximum atomic E-state index is 12.4. The summed E-state index contributed by atoms with van der Waals surface area (Å²) in [6.07, 6.45) is 4.35. The second kappa shape index (κ2) is 6.68. The second-order valence-electron chi connectivity index (χ2n) is 5.93. The molecule has 1 aliphatic heterocycles. The maximum Gasteiger partial charge on any atom is 0.228 e. The first-order valence-corrected chi connectivity index (χ1v) is 7.36. The molecule has 110 valence electrons. The molecule has 0 atom stereocenters. The van der Waals surface area contributed by atoms with Crippen molar-refractivity contribution in [3.63, 3.8) is 0 Å². The van der Waals surface area contributed by atoms with Crippen molar-refractivity contribution in [3.05, 3.63) is 0 Å². The van der Waals surface area contributed by atoms with Crippen molar-refractivity contribution in [1.82, 2.24) is 15.5 Å². The van der Waals surface area contributed by atoms with E-state index in [1.807, 2.05) is 0 Å². The number of carbonyl (C=O) groups is 1. The first-order valence-electron chi connectivity index (χ1n) is 7.36. The lowest BCUT2D eigenvalue weighted by Crippen LogP contribution is -2.51. The van der Waals surface area contributed by atoms with Gasteiger partial charge in [0.05, 0.1) is 12.0 Å². The molecule has 1 saturated heterocycles. The number of likely N-dealkylation sites (N-methyl/N-ethyl adjacent to an activating group) is 1. The average molecular weight is 269 g/mol. The molecule has 0 aromatic carbocycles. The van der Waals surface area contributed by atoms with Gasteiger partial charge in [-0.2, -0.15) is 0 Å². The van der Waals surface area contributed by atoms with Crippen LogP contribution >= 0.6 is 0 Å². The Kier molecular flexibility index (Phi) is 5.19. The van der Waals surface area contributed by atoms with Crippen molar-refractivity contribution in [2.45, 2.75) is 31.7 Å². The third-order valence-electron chi connectivity index (χ3n) is 4.38. The van der Waals surface area contributed by atoms with E-state index in [-0.39, 0.29) is 11.3 Å². The smallest absolute Gasteiger partial charge is 0.228 e. The van der Waals surface area contributed by atoms with Crippen LogP contribution in [0.4, 0.5) is 0 Å². The van der Waals surface area contributed by atoms with Crippen LogP contribution in [-0.4, -0.2) is 63.8 Å². The zero-order valence-electron chi connectivity index (χ0n) is 12.2. The Morgan fingerprint density at radius 3 is 2.68 bits per heavy atom. The molecule has 2 N–H and O–H groups in total. The van der Waals surface area contributed by atoms with E-state index >= 15 is 0 Å². The summed E-state index contributed by atoms with van der Waals surface area (Å²) in [5.41, 5.74) is -0.321. The van der Waals surface area contributed by atoms with Crippen LogP contribution in [0, 0.1) is 5.41 Å². The second-order valence-corrected chi connectivity index (χ2v) is 5.93. The molecule has 2 rings (SSSR count). The fourth-order valence-electron chi connectivity index (χ4n) is 2.85. The van der Waals surface area contributed by atoms with Crippen molar-refractivity contribution < 1.29 is 9.53 Å². The van der Waals surface area contributed by atoms with Crippen LogP contribution in [0.15, 0.2) is 0 Å². The Morgan fingerprint density at radius 2 is 2.11 bits per heavy atom. The molecular formula is C14H27N3O2. The number of rotatable bonds is 7. The van der Waals surface area contributed by atoms with Gasteiger partial charge < -0.3 is 20.3 Å². The van der Waals surface area contributed by atoms with Gasteiger partial charge in [-0.05, 0) is 45.8 Å². The van der Waals surface area contributed by atoms with E-state index < -0.39 is 0 Å². The number of piperidine rings is 1. The molecule has 0 spiro atoms. The number of nitrogens with one attached hydrogen (secondary N) is 2. The summed E-state index contributed by atoms with van der Waals surface area (Å²) < 4.78 is 5.28. The molecule has 0 aromatic rings. The quantitative estimate of drug-likeness (QED) is 0.694. The van der Waals surface area contributed by atoms with E-state index in [1.165, 1.54) is 12.8 Å². The molecule has 1 aliphatic carbocycles. The van der Waals surface area contributed by atoms with Crippen LogP contribution in [0.1, 0.15) is 25.7 Å². The highest BCUT2D eigenvalue weighted by atomic mass is 16.5. The molecular weight excluding hydrogens is 242 g/mol. The molecule has 2 aliphatic rings. The van der Waals surface area contributed by atoms with Crippen molar-refractivity contribution in [1.29, 1.82) is 0 Å². The lowest BCUT2D eigenvalue weighted by Gasteiger charge is -2.35. The third-order valence-corrected chi connectivity index (χ3v) is 4.38. The van der Waals surface area contributed by atoms with Crippen LogP contribution < -0.4 is 10.6 Å². The van der Waals surface area contributed by atoms with E-state index in [2.05, 4.69) is 22.6 Å². The van der Waals surface area contributed by atoms with Crippen molar-refractivity contribution in [2.75, 3.05) is 46.9 Å². The molecule has 0 bridgehead atoms. The normalized spacial score (nSPS) is 22.5. The summed E-state index contributed by atoms with van der Waals surface area (Å²) in [6.45, 7) is 4.01. The zero-order valence-corrected chi connectivity index (χ0v) is 12.2. The Bertz CT molecular complexity index is 294. The minimum Gasteiger partial charge on any atom is -0.384 e. The van der Waals surface area contributed by atoms with Gasteiger partial charge >= 0.3 is 0 Å². The number of nitrogens with zero attached hydrogens (tertiary/aromatic N) is 1. The van der Waals surface area contributed by atoms with Crippen LogP contribution in [0.25, 0.3) is 0 Å². The van der Waals surface area contributed by atoms with Gasteiger partial charge in [-0.15, -0.1) is 0 Å². The van der Waals surface area contributed by atoms with Gasteiger partial charge in [-0.25, -0.2) is 0 Å². The van der Waals surface area contributed by atoms with Gasteiger partial charge in [0.25, 0.3) is 0 Å². The van der Waals surface area contributed by atoms with E-state index in [4.69, 9.17) is 4.74 Å². The highest BCUT2D eigenvalue weighted by Crippen LogP contribution is 2.29. The fourth-order valence-corrected chi connectivity index (χ4v) is 2.85. The molecule has 1 heterocycles. The Hall–Kier alpha value is -0.650. The molecule has 0 radical (unpaired) electrons. The first-order chi connectivity index (χ1) is 9.18. The summed E-state index contributed by atoms with van der Waals surface area (Å²) >= 11 is 0. The lowest BCUT2D eigenvalue weighted by atomic mass is 9.78. The van der Waals surface area contributed by atoms with E-state index in [1.54, 1.807) is 7.11 Å². The van der Waals surface area contributed by atoms with Crippen molar-refractivity contribution in [2.24, 2.45) is 5.41 Å². The number of carbonyl (C=O) groups excluding carboxylic acids is 1. The maximum absolute atomic E-state index is 12.4. The summed E-state index contributed by atoms with van der Waals surface area (Å²) in [6, 6.07) is 0.753. The number of hydrogen-bond donors (Lipinski definition) is 2. The van der Waals surface area contributed by atoms with Gasteiger partial charge in [-0.1, -0.05) is 0 Å². The van der Waals surface area contributed by atoms with Gasteiger partial charge in [0.2, 0.25) is 5.91 Å². The fraction of sp³-hybridized carbons (Fsp3) is 0.929. The largest absolute Gasteiger partial charge is 0.384 e. The molecule has 19 heavy (non-hydrogen) atoms. The minimum absolute atomic E-state index is 0.167. The highest BCUT2D eigenvalue weighted by molar-refractivity contribution is 5.83. The number of amides is 1. The van der Waals surface area contributed by atoms with E-state index in [9.17, 15) is 4.79 Å². The molecule has 1 amide bonds. The van der Waals surface area contributed by atoms with Crippen LogP contribution in [0.3, 0.4) is 0 Å². The molecule has 0 aromatic heterocycles.